The van der Waals surface area contributed by atoms with Crippen LogP contribution in [-0.4, -0.2) is 31.7 Å². The summed E-state index contributed by atoms with van der Waals surface area (Å²) in [6.07, 6.45) is 0.646. The number of carbonyl (C=O) groups is 1. The molecule has 1 aliphatic rings. The van der Waals surface area contributed by atoms with Crippen molar-refractivity contribution in [2.24, 2.45) is 5.92 Å². The molecule has 2 heterocycles. The lowest BCUT2D eigenvalue weighted by Gasteiger charge is -2.25. The molecular formula is C20H24N2O4. The normalized spacial score (nSPS) is 15.6. The number of fused-ring (bicyclic) bond motifs is 1. The molecule has 0 spiro atoms. The highest BCUT2D eigenvalue weighted by atomic mass is 16.5. The van der Waals surface area contributed by atoms with Gasteiger partial charge in [0.05, 0.1) is 20.1 Å². The molecule has 0 saturated carbocycles. The third kappa shape index (κ3) is 3.74. The van der Waals surface area contributed by atoms with Crippen LogP contribution in [0.3, 0.4) is 0 Å². The largest absolute Gasteiger partial charge is 0.497 e. The van der Waals surface area contributed by atoms with E-state index in [0.717, 1.165) is 33.9 Å². The number of methoxy groups -OCH3 is 2. The molecule has 0 aliphatic carbocycles. The summed E-state index contributed by atoms with van der Waals surface area (Å²) < 4.78 is 16.3. The van der Waals surface area contributed by atoms with Crippen molar-refractivity contribution in [2.75, 3.05) is 20.8 Å². The molecular weight excluding hydrogens is 332 g/mol. The second-order valence-electron chi connectivity index (χ2n) is 6.47. The van der Waals surface area contributed by atoms with E-state index in [1.54, 1.807) is 14.2 Å². The Morgan fingerprint density at radius 2 is 2.08 bits per heavy atom. The number of hydrogen-bond donors (Lipinski definition) is 1. The first-order valence-electron chi connectivity index (χ1n) is 8.60. The molecule has 0 saturated heterocycles. The van der Waals surface area contributed by atoms with Gasteiger partial charge >= 0.3 is 0 Å². The Labute approximate surface area is 153 Å². The zero-order valence-corrected chi connectivity index (χ0v) is 15.6. The van der Waals surface area contributed by atoms with Gasteiger partial charge < -0.3 is 19.5 Å². The van der Waals surface area contributed by atoms with Gasteiger partial charge in [-0.05, 0) is 43.5 Å². The highest BCUT2D eigenvalue weighted by Gasteiger charge is 2.26. The van der Waals surface area contributed by atoms with Crippen LogP contribution in [0, 0.1) is 19.8 Å². The minimum atomic E-state index is -0.222. The summed E-state index contributed by atoms with van der Waals surface area (Å²) in [5.41, 5.74) is 3.85. The van der Waals surface area contributed by atoms with Gasteiger partial charge in [-0.2, -0.15) is 0 Å². The van der Waals surface area contributed by atoms with E-state index in [4.69, 9.17) is 14.2 Å². The molecule has 0 unspecified atom stereocenters. The maximum absolute atomic E-state index is 12.6. The fourth-order valence-corrected chi connectivity index (χ4v) is 3.18. The van der Waals surface area contributed by atoms with E-state index in [9.17, 15) is 4.79 Å². The van der Waals surface area contributed by atoms with Gasteiger partial charge in [0, 0.05) is 23.9 Å². The second-order valence-corrected chi connectivity index (χ2v) is 6.47. The zero-order valence-electron chi connectivity index (χ0n) is 15.6. The summed E-state index contributed by atoms with van der Waals surface area (Å²) in [6.45, 7) is 4.65. The monoisotopic (exact) mass is 356 g/mol. The summed E-state index contributed by atoms with van der Waals surface area (Å²) in [5.74, 6) is 1.84. The van der Waals surface area contributed by atoms with Gasteiger partial charge in [-0.1, -0.05) is 6.07 Å². The fourth-order valence-electron chi connectivity index (χ4n) is 3.18. The Kier molecular flexibility index (Phi) is 5.30. The molecule has 138 valence electrons. The minimum Gasteiger partial charge on any atom is -0.497 e. The van der Waals surface area contributed by atoms with E-state index in [1.165, 1.54) is 0 Å². The van der Waals surface area contributed by atoms with Crippen molar-refractivity contribution < 1.29 is 19.0 Å². The van der Waals surface area contributed by atoms with Gasteiger partial charge in [-0.15, -0.1) is 0 Å². The number of nitrogens with zero attached hydrogens (tertiary/aromatic N) is 1. The van der Waals surface area contributed by atoms with Crippen LogP contribution in [0.1, 0.15) is 22.4 Å². The number of aromatic nitrogens is 1. The highest BCUT2D eigenvalue weighted by molar-refractivity contribution is 5.79. The predicted molar refractivity (Wildman–Crippen MR) is 97.8 cm³/mol. The average molecular weight is 356 g/mol. The van der Waals surface area contributed by atoms with E-state index in [1.807, 2.05) is 38.1 Å². The van der Waals surface area contributed by atoms with Crippen LogP contribution >= 0.6 is 0 Å². The van der Waals surface area contributed by atoms with E-state index in [2.05, 4.69) is 10.3 Å². The van der Waals surface area contributed by atoms with E-state index in [0.29, 0.717) is 25.5 Å². The molecule has 6 heteroatoms. The van der Waals surface area contributed by atoms with E-state index >= 15 is 0 Å². The number of aryl methyl sites for hydroxylation is 2. The first-order valence-corrected chi connectivity index (χ1v) is 8.60. The number of rotatable bonds is 5. The summed E-state index contributed by atoms with van der Waals surface area (Å²) in [5, 5.41) is 2.99. The van der Waals surface area contributed by atoms with Crippen LogP contribution in [0.4, 0.5) is 0 Å². The molecule has 0 bridgehead atoms. The fraction of sp³-hybridized carbons (Fsp3) is 0.400. The topological polar surface area (TPSA) is 69.7 Å². The minimum absolute atomic E-state index is 0.0338. The molecule has 6 nitrogen and oxygen atoms in total. The zero-order chi connectivity index (χ0) is 18.7. The number of pyridine rings is 1. The lowest BCUT2D eigenvalue weighted by Crippen LogP contribution is -2.37. The standard InChI is InChI=1S/C20H24N2O4/c1-12-7-13(2)22-20(25-4)17(12)10-21-19(23)15-8-14-5-6-16(24-3)9-18(14)26-11-15/h5-7,9,15H,8,10-11H2,1-4H3,(H,21,23)/t15-/m0/s1. The molecule has 1 atom stereocenters. The van der Waals surface area contributed by atoms with Crippen molar-refractivity contribution in [2.45, 2.75) is 26.8 Å². The Bertz CT molecular complexity index is 820. The summed E-state index contributed by atoms with van der Waals surface area (Å²) >= 11 is 0. The molecule has 3 rings (SSSR count). The second kappa shape index (κ2) is 7.64. The van der Waals surface area contributed by atoms with Crippen molar-refractivity contribution in [3.05, 3.63) is 46.6 Å². The van der Waals surface area contributed by atoms with Gasteiger partial charge in [0.15, 0.2) is 0 Å². The van der Waals surface area contributed by atoms with Crippen molar-refractivity contribution in [3.8, 4) is 17.4 Å². The van der Waals surface area contributed by atoms with Crippen LogP contribution in [0.25, 0.3) is 0 Å². The van der Waals surface area contributed by atoms with E-state index in [-0.39, 0.29) is 11.8 Å². The first-order chi connectivity index (χ1) is 12.5. The molecule has 1 amide bonds. The molecule has 26 heavy (non-hydrogen) atoms. The maximum atomic E-state index is 12.6. The third-order valence-corrected chi connectivity index (χ3v) is 4.62. The molecule has 1 N–H and O–H groups in total. The van der Waals surface area contributed by atoms with E-state index < -0.39 is 0 Å². The van der Waals surface area contributed by atoms with Gasteiger partial charge in [-0.25, -0.2) is 4.98 Å². The Morgan fingerprint density at radius 3 is 2.81 bits per heavy atom. The van der Waals surface area contributed by atoms with Gasteiger partial charge in [0.2, 0.25) is 11.8 Å². The molecule has 0 fully saturated rings. The highest BCUT2D eigenvalue weighted by Crippen LogP contribution is 2.31. The number of amides is 1. The Morgan fingerprint density at radius 1 is 1.27 bits per heavy atom. The van der Waals surface area contributed by atoms with Gasteiger partial charge in [0.25, 0.3) is 0 Å². The van der Waals surface area contributed by atoms with Crippen LogP contribution in [0.15, 0.2) is 24.3 Å². The summed E-state index contributed by atoms with van der Waals surface area (Å²) in [7, 11) is 3.21. The third-order valence-electron chi connectivity index (χ3n) is 4.62. The van der Waals surface area contributed by atoms with Crippen LogP contribution < -0.4 is 19.5 Å². The average Bonchev–Trinajstić information content (AvgIpc) is 2.65. The predicted octanol–water partition coefficient (Wildman–Crippen LogP) is 2.58. The molecule has 1 aromatic carbocycles. The van der Waals surface area contributed by atoms with Crippen molar-refractivity contribution in [3.63, 3.8) is 0 Å². The van der Waals surface area contributed by atoms with Crippen LogP contribution in [0.5, 0.6) is 17.4 Å². The lowest BCUT2D eigenvalue weighted by atomic mass is 9.95. The van der Waals surface area contributed by atoms with Crippen molar-refractivity contribution >= 4 is 5.91 Å². The molecule has 1 aliphatic heterocycles. The SMILES string of the molecule is COc1ccc2c(c1)OC[C@@H](C(=O)NCc1c(C)cc(C)nc1OC)C2. The Balaban J connectivity index is 1.66. The smallest absolute Gasteiger partial charge is 0.227 e. The lowest BCUT2D eigenvalue weighted by molar-refractivity contribution is -0.126. The van der Waals surface area contributed by atoms with Crippen molar-refractivity contribution in [1.29, 1.82) is 0 Å². The van der Waals surface area contributed by atoms with Gasteiger partial charge in [0.1, 0.15) is 18.1 Å². The van der Waals surface area contributed by atoms with Crippen molar-refractivity contribution in [1.82, 2.24) is 10.3 Å². The molecule has 1 aromatic heterocycles. The number of carbonyl (C=O) groups excluding carboxylic acids is 1. The van der Waals surface area contributed by atoms with Crippen LogP contribution in [0.2, 0.25) is 0 Å². The van der Waals surface area contributed by atoms with Gasteiger partial charge in [-0.3, -0.25) is 4.79 Å². The molecule has 0 radical (unpaired) electrons. The number of hydrogen-bond acceptors (Lipinski definition) is 5. The van der Waals surface area contributed by atoms with Crippen LogP contribution in [-0.2, 0) is 17.8 Å². The Hall–Kier alpha value is -2.76. The summed E-state index contributed by atoms with van der Waals surface area (Å²) in [6, 6.07) is 7.67. The first kappa shape index (κ1) is 18.0. The quantitative estimate of drug-likeness (QED) is 0.892. The molecule has 2 aromatic rings. The maximum Gasteiger partial charge on any atom is 0.227 e. The number of benzene rings is 1. The number of nitrogens with one attached hydrogen (secondary N) is 1. The number of ether oxygens (including phenoxy) is 3. The summed E-state index contributed by atoms with van der Waals surface area (Å²) in [4.78, 5) is 17.0.